The number of hydrogen-bond acceptors (Lipinski definition) is 2. The van der Waals surface area contributed by atoms with E-state index in [1.54, 1.807) is 18.1 Å². The monoisotopic (exact) mass is 125 g/mol. The van der Waals surface area contributed by atoms with E-state index < -0.39 is 0 Å². The average Bonchev–Trinajstić information content (AvgIpc) is 1.90. The van der Waals surface area contributed by atoms with Crippen LogP contribution in [0.4, 0.5) is 0 Å². The van der Waals surface area contributed by atoms with Crippen molar-refractivity contribution in [3.05, 3.63) is 36.5 Å². The summed E-state index contributed by atoms with van der Waals surface area (Å²) in [6, 6.07) is 0. The Hall–Kier alpha value is -0.630. The molecule has 0 N–H and O–H groups in total. The molecule has 0 saturated heterocycles. The van der Waals surface area contributed by atoms with E-state index in [-0.39, 0.29) is 0 Å². The lowest BCUT2D eigenvalue weighted by Crippen LogP contribution is -1.95. The predicted octanol–water partition coefficient (Wildman–Crippen LogP) is 2.12. The Kier molecular flexibility index (Phi) is 1.80. The third kappa shape index (κ3) is 1.17. The molecule has 0 aromatic heterocycles. The van der Waals surface area contributed by atoms with Crippen molar-refractivity contribution in [1.82, 2.24) is 4.31 Å². The van der Waals surface area contributed by atoms with Gasteiger partial charge in [-0.15, -0.1) is 0 Å². The van der Waals surface area contributed by atoms with Crippen molar-refractivity contribution < 1.29 is 0 Å². The van der Waals surface area contributed by atoms with Gasteiger partial charge < -0.3 is 0 Å². The first-order chi connectivity index (χ1) is 3.93. The van der Waals surface area contributed by atoms with Crippen LogP contribution in [-0.4, -0.2) is 4.31 Å². The molecule has 0 fully saturated rings. The number of rotatable bonds is 1. The van der Waals surface area contributed by atoms with Gasteiger partial charge in [0.2, 0.25) is 0 Å². The van der Waals surface area contributed by atoms with Crippen molar-refractivity contribution in [2.24, 2.45) is 0 Å². The minimum atomic E-state index is 1.61. The molecule has 42 valence electrons. The SMILES string of the molecule is C=CN1C=CC=CS1. The maximum atomic E-state index is 3.60. The first-order valence-electron chi connectivity index (χ1n) is 2.34. The van der Waals surface area contributed by atoms with Crippen LogP contribution in [0.25, 0.3) is 0 Å². The fourth-order valence-corrected chi connectivity index (χ4v) is 0.952. The second-order valence-corrected chi connectivity index (χ2v) is 2.22. The molecule has 0 spiro atoms. The van der Waals surface area contributed by atoms with Gasteiger partial charge in [0.05, 0.1) is 0 Å². The zero-order chi connectivity index (χ0) is 5.82. The van der Waals surface area contributed by atoms with Crippen molar-refractivity contribution >= 4 is 11.9 Å². The largest absolute Gasteiger partial charge is 0.296 e. The zero-order valence-corrected chi connectivity index (χ0v) is 5.27. The standard InChI is InChI=1S/C6H7NS/c1-2-7-5-3-4-6-8-7/h2-6H,1H2. The second-order valence-electron chi connectivity index (χ2n) is 1.32. The second kappa shape index (κ2) is 2.62. The third-order valence-corrected chi connectivity index (χ3v) is 1.58. The normalized spacial score (nSPS) is 16.8. The summed E-state index contributed by atoms with van der Waals surface area (Å²) in [5.74, 6) is 0. The summed E-state index contributed by atoms with van der Waals surface area (Å²) in [7, 11) is 0. The van der Waals surface area contributed by atoms with Gasteiger partial charge in [-0.3, -0.25) is 4.31 Å². The smallest absolute Gasteiger partial charge is 0.0159 e. The van der Waals surface area contributed by atoms with E-state index in [0.29, 0.717) is 0 Å². The molecule has 0 aromatic rings. The fraction of sp³-hybridized carbons (Fsp3) is 0. The quantitative estimate of drug-likeness (QED) is 0.494. The number of nitrogens with zero attached hydrogens (tertiary/aromatic N) is 1. The van der Waals surface area contributed by atoms with Crippen molar-refractivity contribution in [1.29, 1.82) is 0 Å². The molecule has 1 rings (SSSR count). The summed E-state index contributed by atoms with van der Waals surface area (Å²) in [6.45, 7) is 3.60. The maximum Gasteiger partial charge on any atom is 0.0159 e. The first-order valence-corrected chi connectivity index (χ1v) is 3.18. The van der Waals surface area contributed by atoms with Crippen molar-refractivity contribution in [2.45, 2.75) is 0 Å². The molecule has 0 unspecified atom stereocenters. The topological polar surface area (TPSA) is 3.24 Å². The molecule has 1 aliphatic rings. The molecule has 0 aromatic carbocycles. The molecule has 1 nitrogen and oxygen atoms in total. The Bertz CT molecular complexity index is 137. The minimum absolute atomic E-state index is 1.61. The van der Waals surface area contributed by atoms with Crippen molar-refractivity contribution in [2.75, 3.05) is 0 Å². The number of allylic oxidation sites excluding steroid dienone is 2. The average molecular weight is 125 g/mol. The van der Waals surface area contributed by atoms with Gasteiger partial charge in [0.25, 0.3) is 0 Å². The van der Waals surface area contributed by atoms with Crippen LogP contribution in [0, 0.1) is 0 Å². The summed E-state index contributed by atoms with van der Waals surface area (Å²) in [5, 5.41) is 2.00. The molecule has 0 amide bonds. The Labute approximate surface area is 53.5 Å². The van der Waals surface area contributed by atoms with E-state index in [2.05, 4.69) is 6.58 Å². The highest BCUT2D eigenvalue weighted by Crippen LogP contribution is 2.15. The highest BCUT2D eigenvalue weighted by atomic mass is 32.2. The molecule has 1 aliphatic heterocycles. The molecular weight excluding hydrogens is 118 g/mol. The zero-order valence-electron chi connectivity index (χ0n) is 4.45. The van der Waals surface area contributed by atoms with Gasteiger partial charge in [-0.25, -0.2) is 0 Å². The van der Waals surface area contributed by atoms with E-state index >= 15 is 0 Å². The van der Waals surface area contributed by atoms with Gasteiger partial charge in [-0.1, -0.05) is 12.7 Å². The molecule has 1 heterocycles. The van der Waals surface area contributed by atoms with E-state index in [1.165, 1.54) is 0 Å². The van der Waals surface area contributed by atoms with Gasteiger partial charge in [0, 0.05) is 12.4 Å². The molecule has 0 bridgehead atoms. The molecule has 8 heavy (non-hydrogen) atoms. The minimum Gasteiger partial charge on any atom is -0.296 e. The molecule has 0 aliphatic carbocycles. The van der Waals surface area contributed by atoms with Crippen LogP contribution in [0.2, 0.25) is 0 Å². The molecule has 2 heteroatoms. The maximum absolute atomic E-state index is 3.60. The van der Waals surface area contributed by atoms with E-state index in [9.17, 15) is 0 Å². The molecule has 0 radical (unpaired) electrons. The Balaban J connectivity index is 2.51. The molecule has 0 atom stereocenters. The lowest BCUT2D eigenvalue weighted by atomic mass is 10.6. The van der Waals surface area contributed by atoms with Crippen LogP contribution in [0.3, 0.4) is 0 Å². The third-order valence-electron chi connectivity index (χ3n) is 0.785. The van der Waals surface area contributed by atoms with Crippen LogP contribution in [0.1, 0.15) is 0 Å². The van der Waals surface area contributed by atoms with Crippen LogP contribution < -0.4 is 0 Å². The van der Waals surface area contributed by atoms with Gasteiger partial charge in [-0.05, 0) is 23.4 Å². The molecular formula is C6H7NS. The van der Waals surface area contributed by atoms with Gasteiger partial charge in [0.1, 0.15) is 0 Å². The van der Waals surface area contributed by atoms with Crippen LogP contribution >= 0.6 is 11.9 Å². The Morgan fingerprint density at radius 2 is 2.38 bits per heavy atom. The lowest BCUT2D eigenvalue weighted by molar-refractivity contribution is 0.860. The Morgan fingerprint density at radius 1 is 1.50 bits per heavy atom. The van der Waals surface area contributed by atoms with Gasteiger partial charge in [-0.2, -0.15) is 0 Å². The Morgan fingerprint density at radius 3 is 2.75 bits per heavy atom. The van der Waals surface area contributed by atoms with Gasteiger partial charge in [0.15, 0.2) is 0 Å². The van der Waals surface area contributed by atoms with Crippen LogP contribution in [0.5, 0.6) is 0 Å². The van der Waals surface area contributed by atoms with E-state index in [1.807, 2.05) is 28.1 Å². The summed E-state index contributed by atoms with van der Waals surface area (Å²) < 4.78 is 1.93. The predicted molar refractivity (Wildman–Crippen MR) is 37.9 cm³/mol. The van der Waals surface area contributed by atoms with Crippen molar-refractivity contribution in [3.8, 4) is 0 Å². The van der Waals surface area contributed by atoms with Crippen molar-refractivity contribution in [3.63, 3.8) is 0 Å². The van der Waals surface area contributed by atoms with Crippen LogP contribution in [0.15, 0.2) is 36.5 Å². The highest BCUT2D eigenvalue weighted by Gasteiger charge is 1.90. The summed E-state index contributed by atoms with van der Waals surface area (Å²) in [6.07, 6.45) is 7.69. The number of hydrogen-bond donors (Lipinski definition) is 0. The van der Waals surface area contributed by atoms with Crippen LogP contribution in [-0.2, 0) is 0 Å². The van der Waals surface area contributed by atoms with E-state index in [0.717, 1.165) is 0 Å². The lowest BCUT2D eigenvalue weighted by Gasteiger charge is -2.11. The fourth-order valence-electron chi connectivity index (χ4n) is 0.424. The molecule has 0 saturated carbocycles. The highest BCUT2D eigenvalue weighted by molar-refractivity contribution is 8.00. The summed E-state index contributed by atoms with van der Waals surface area (Å²) in [5.41, 5.74) is 0. The summed E-state index contributed by atoms with van der Waals surface area (Å²) >= 11 is 1.61. The van der Waals surface area contributed by atoms with E-state index in [4.69, 9.17) is 0 Å². The first kappa shape index (κ1) is 5.51. The van der Waals surface area contributed by atoms with Gasteiger partial charge >= 0.3 is 0 Å². The summed E-state index contributed by atoms with van der Waals surface area (Å²) in [4.78, 5) is 0.